The minimum Gasteiger partial charge on any atom is -0.456 e. The first-order valence-corrected chi connectivity index (χ1v) is 15.0. The number of pyridine rings is 1. The molecule has 0 aliphatic rings. The van der Waals surface area contributed by atoms with Gasteiger partial charge in [-0.3, -0.25) is 9.58 Å². The van der Waals surface area contributed by atoms with Crippen molar-refractivity contribution in [3.8, 4) is 22.8 Å². The number of benzene rings is 5. The summed E-state index contributed by atoms with van der Waals surface area (Å²) in [5, 5.41) is 8.39. The number of aryl methyl sites for hydroxylation is 1. The van der Waals surface area contributed by atoms with Gasteiger partial charge < -0.3 is 13.6 Å². The fraction of sp³-hybridized carbons (Fsp3) is 0.0256. The first-order chi connectivity index (χ1) is 22.7. The Morgan fingerprint density at radius 3 is 1.93 bits per heavy atom. The Morgan fingerprint density at radius 2 is 1.26 bits per heavy atom. The number of ether oxygens (including phenoxy) is 1. The van der Waals surface area contributed by atoms with Gasteiger partial charge in [0.2, 0.25) is 0 Å². The van der Waals surface area contributed by atoms with Crippen LogP contribution in [-0.2, 0) is 7.05 Å². The van der Waals surface area contributed by atoms with Crippen LogP contribution in [0.2, 0.25) is 0 Å². The van der Waals surface area contributed by atoms with Crippen LogP contribution < -0.4 is 9.64 Å². The van der Waals surface area contributed by atoms with Gasteiger partial charge in [-0.1, -0.05) is 60.7 Å². The molecule has 0 atom stereocenters. The molecule has 0 bridgehead atoms. The molecule has 7 nitrogen and oxygen atoms in total. The van der Waals surface area contributed by atoms with Crippen LogP contribution in [0.4, 0.5) is 17.2 Å². The number of aromatic nitrogens is 3. The van der Waals surface area contributed by atoms with E-state index in [1.165, 1.54) is 0 Å². The Morgan fingerprint density at radius 1 is 0.609 bits per heavy atom. The van der Waals surface area contributed by atoms with Crippen LogP contribution in [-0.4, -0.2) is 14.8 Å². The second-order valence-corrected chi connectivity index (χ2v) is 11.2. The summed E-state index contributed by atoms with van der Waals surface area (Å²) in [7, 11) is 1.91. The number of furan rings is 2. The van der Waals surface area contributed by atoms with Crippen LogP contribution in [0.15, 0.2) is 149 Å². The molecular weight excluding hydrogens is 572 g/mol. The van der Waals surface area contributed by atoms with Crippen molar-refractivity contribution in [1.82, 2.24) is 14.8 Å². The minimum absolute atomic E-state index is 0.652. The topological polar surface area (TPSA) is 69.5 Å². The number of anilines is 3. The molecule has 0 saturated carbocycles. The van der Waals surface area contributed by atoms with Gasteiger partial charge in [-0.15, -0.1) is 0 Å². The molecule has 4 aromatic heterocycles. The predicted molar refractivity (Wildman–Crippen MR) is 182 cm³/mol. The average Bonchev–Trinajstić information content (AvgIpc) is 3.80. The highest BCUT2D eigenvalue weighted by molar-refractivity contribution is 6.12. The van der Waals surface area contributed by atoms with E-state index in [-0.39, 0.29) is 0 Å². The van der Waals surface area contributed by atoms with E-state index in [0.717, 1.165) is 66.7 Å². The van der Waals surface area contributed by atoms with E-state index in [9.17, 15) is 0 Å². The van der Waals surface area contributed by atoms with Gasteiger partial charge in [-0.05, 0) is 54.6 Å². The number of hydrogen-bond acceptors (Lipinski definition) is 6. The van der Waals surface area contributed by atoms with E-state index in [1.807, 2.05) is 104 Å². The van der Waals surface area contributed by atoms with Gasteiger partial charge in [0.1, 0.15) is 39.6 Å². The van der Waals surface area contributed by atoms with Gasteiger partial charge in [-0.2, -0.15) is 5.10 Å². The molecule has 0 aliphatic carbocycles. The molecule has 220 valence electrons. The first-order valence-electron chi connectivity index (χ1n) is 15.0. The molecule has 9 aromatic rings. The monoisotopic (exact) mass is 598 g/mol. The molecule has 46 heavy (non-hydrogen) atoms. The van der Waals surface area contributed by atoms with E-state index in [0.29, 0.717) is 17.1 Å². The Hall–Kier alpha value is -6.34. The van der Waals surface area contributed by atoms with Gasteiger partial charge in [0.15, 0.2) is 0 Å². The number of hydrogen-bond donors (Lipinski definition) is 0. The number of fused-ring (bicyclic) bond motifs is 6. The highest BCUT2D eigenvalue weighted by Crippen LogP contribution is 2.46. The molecular formula is C39H26N4O3. The molecule has 4 heterocycles. The zero-order valence-electron chi connectivity index (χ0n) is 24.8. The minimum atomic E-state index is 0.652. The standard InChI is InChI=1S/C39H26N4O3/c1-42-20-18-30(41-42)25-21-33-38(28-13-5-7-15-31(28)44-33)34(22-25)46-36-24-27(23-35-39(36)29-14-6-8-16-32(29)45-35)43(26-11-3-2-4-12-26)37-17-9-10-19-40-37/h2-24H,1H3. The lowest BCUT2D eigenvalue weighted by atomic mass is 10.1. The maximum Gasteiger partial charge on any atom is 0.141 e. The Bertz CT molecular complexity index is 2490. The molecule has 0 fully saturated rings. The molecule has 0 saturated heterocycles. The quantitative estimate of drug-likeness (QED) is 0.190. The summed E-state index contributed by atoms with van der Waals surface area (Å²) < 4.78 is 21.7. The lowest BCUT2D eigenvalue weighted by Gasteiger charge is -2.24. The molecule has 0 spiro atoms. The largest absolute Gasteiger partial charge is 0.456 e. The fourth-order valence-electron chi connectivity index (χ4n) is 6.22. The van der Waals surface area contributed by atoms with Gasteiger partial charge in [0.25, 0.3) is 0 Å². The zero-order valence-corrected chi connectivity index (χ0v) is 24.8. The van der Waals surface area contributed by atoms with E-state index in [2.05, 4.69) is 46.4 Å². The number of nitrogens with zero attached hydrogens (tertiary/aromatic N) is 4. The van der Waals surface area contributed by atoms with E-state index >= 15 is 0 Å². The Labute approximate surface area is 263 Å². The molecule has 5 aromatic carbocycles. The molecule has 0 aliphatic heterocycles. The van der Waals surface area contributed by atoms with Crippen LogP contribution >= 0.6 is 0 Å². The SMILES string of the molecule is Cn1ccc(-c2cc(Oc3cc(N(c4ccccc4)c4ccccn4)cc4oc5ccccc5c34)c3c(c2)oc2ccccc23)n1. The van der Waals surface area contributed by atoms with E-state index in [4.69, 9.17) is 18.6 Å². The zero-order chi connectivity index (χ0) is 30.6. The summed E-state index contributed by atoms with van der Waals surface area (Å²) in [5.41, 5.74) is 6.54. The molecule has 0 amide bonds. The third-order valence-electron chi connectivity index (χ3n) is 8.25. The van der Waals surface area contributed by atoms with Crippen molar-refractivity contribution in [1.29, 1.82) is 0 Å². The lowest BCUT2D eigenvalue weighted by Crippen LogP contribution is -2.11. The number of para-hydroxylation sites is 3. The summed E-state index contributed by atoms with van der Waals surface area (Å²) in [6.45, 7) is 0. The fourth-order valence-corrected chi connectivity index (χ4v) is 6.22. The summed E-state index contributed by atoms with van der Waals surface area (Å²) in [6, 6.07) is 42.3. The van der Waals surface area contributed by atoms with Crippen molar-refractivity contribution >= 4 is 61.1 Å². The van der Waals surface area contributed by atoms with Crippen LogP contribution in [0, 0.1) is 0 Å². The predicted octanol–water partition coefficient (Wildman–Crippen LogP) is 10.5. The Balaban J connectivity index is 1.32. The second kappa shape index (κ2) is 10.4. The first kappa shape index (κ1) is 26.1. The average molecular weight is 599 g/mol. The Kier molecular flexibility index (Phi) is 5.89. The van der Waals surface area contributed by atoms with Crippen LogP contribution in [0.25, 0.3) is 55.1 Å². The smallest absolute Gasteiger partial charge is 0.141 e. The number of rotatable bonds is 6. The van der Waals surface area contributed by atoms with Gasteiger partial charge in [-0.25, -0.2) is 4.98 Å². The maximum atomic E-state index is 7.07. The molecule has 9 rings (SSSR count). The van der Waals surface area contributed by atoms with Crippen molar-refractivity contribution in [2.75, 3.05) is 4.90 Å². The third kappa shape index (κ3) is 4.29. The summed E-state index contributed by atoms with van der Waals surface area (Å²) in [6.07, 6.45) is 3.73. The van der Waals surface area contributed by atoms with Crippen molar-refractivity contribution < 1.29 is 13.6 Å². The van der Waals surface area contributed by atoms with Gasteiger partial charge in [0.05, 0.1) is 22.2 Å². The molecule has 7 heteroatoms. The van der Waals surface area contributed by atoms with Crippen molar-refractivity contribution in [2.24, 2.45) is 7.05 Å². The summed E-state index contributed by atoms with van der Waals surface area (Å²) in [4.78, 5) is 6.82. The maximum absolute atomic E-state index is 7.07. The van der Waals surface area contributed by atoms with Gasteiger partial charge >= 0.3 is 0 Å². The normalized spacial score (nSPS) is 11.6. The van der Waals surface area contributed by atoms with E-state index < -0.39 is 0 Å². The van der Waals surface area contributed by atoms with Crippen molar-refractivity contribution in [3.63, 3.8) is 0 Å². The highest BCUT2D eigenvalue weighted by atomic mass is 16.5. The lowest BCUT2D eigenvalue weighted by molar-refractivity contribution is 0.494. The molecule has 0 N–H and O–H groups in total. The van der Waals surface area contributed by atoms with Crippen LogP contribution in [0.1, 0.15) is 0 Å². The molecule has 0 unspecified atom stereocenters. The highest BCUT2D eigenvalue weighted by Gasteiger charge is 2.22. The van der Waals surface area contributed by atoms with Crippen LogP contribution in [0.5, 0.6) is 11.5 Å². The van der Waals surface area contributed by atoms with Gasteiger partial charge in [0, 0.05) is 53.6 Å². The van der Waals surface area contributed by atoms with Crippen LogP contribution in [0.3, 0.4) is 0 Å². The third-order valence-corrected chi connectivity index (χ3v) is 8.25. The second-order valence-electron chi connectivity index (χ2n) is 11.2. The van der Waals surface area contributed by atoms with Crippen molar-refractivity contribution in [2.45, 2.75) is 0 Å². The van der Waals surface area contributed by atoms with Crippen molar-refractivity contribution in [3.05, 3.63) is 140 Å². The molecule has 0 radical (unpaired) electrons. The summed E-state index contributed by atoms with van der Waals surface area (Å²) >= 11 is 0. The summed E-state index contributed by atoms with van der Waals surface area (Å²) in [5.74, 6) is 2.09. The van der Waals surface area contributed by atoms with E-state index in [1.54, 1.807) is 10.9 Å².